The molecule has 0 rings (SSSR count). The molecular weight excluding hydrogens is 184 g/mol. The maximum absolute atomic E-state index is 11.1. The summed E-state index contributed by atoms with van der Waals surface area (Å²) in [5, 5.41) is 17.2. The Labute approximate surface area is 83.9 Å². The summed E-state index contributed by atoms with van der Waals surface area (Å²) in [6.45, 7) is 2.05. The Morgan fingerprint density at radius 2 is 1.86 bits per heavy atom. The molecule has 0 radical (unpaired) electrons. The third kappa shape index (κ3) is 6.60. The number of aliphatic carboxylic acids is 1. The summed E-state index contributed by atoms with van der Waals surface area (Å²) in [5.41, 5.74) is 0. The van der Waals surface area contributed by atoms with E-state index in [1.165, 1.54) is 0 Å². The zero-order valence-electron chi connectivity index (χ0n) is 8.53. The van der Waals surface area contributed by atoms with Crippen molar-refractivity contribution in [1.82, 2.24) is 0 Å². The number of aliphatic hydroxyl groups is 1. The fourth-order valence-corrected chi connectivity index (χ4v) is 1.12. The molecule has 0 aliphatic carbocycles. The topological polar surface area (TPSA) is 74.6 Å². The highest BCUT2D eigenvalue weighted by Crippen LogP contribution is 2.05. The van der Waals surface area contributed by atoms with Crippen molar-refractivity contribution in [2.24, 2.45) is 0 Å². The molecule has 82 valence electrons. The van der Waals surface area contributed by atoms with Crippen LogP contribution < -0.4 is 0 Å². The van der Waals surface area contributed by atoms with Crippen LogP contribution in [-0.2, 0) is 9.59 Å². The van der Waals surface area contributed by atoms with Gasteiger partial charge in [0.15, 0.2) is 6.10 Å². The van der Waals surface area contributed by atoms with E-state index in [9.17, 15) is 9.59 Å². The Bertz CT molecular complexity index is 189. The summed E-state index contributed by atoms with van der Waals surface area (Å²) < 4.78 is 0. The van der Waals surface area contributed by atoms with Crippen LogP contribution in [0.25, 0.3) is 0 Å². The predicted octanol–water partition coefficient (Wildman–Crippen LogP) is 1.36. The van der Waals surface area contributed by atoms with Gasteiger partial charge in [0.1, 0.15) is 5.78 Å². The second-order valence-electron chi connectivity index (χ2n) is 3.39. The smallest absolute Gasteiger partial charge is 0.332 e. The van der Waals surface area contributed by atoms with Crippen molar-refractivity contribution in [1.29, 1.82) is 0 Å². The normalized spacial score (nSPS) is 12.4. The lowest BCUT2D eigenvalue weighted by molar-refractivity contribution is -0.147. The molecule has 1 unspecified atom stereocenters. The van der Waals surface area contributed by atoms with Crippen molar-refractivity contribution in [3.8, 4) is 0 Å². The second kappa shape index (κ2) is 7.50. The number of unbranched alkanes of at least 4 members (excludes halogenated alkanes) is 2. The van der Waals surface area contributed by atoms with Crippen molar-refractivity contribution < 1.29 is 19.8 Å². The van der Waals surface area contributed by atoms with Crippen molar-refractivity contribution in [2.75, 3.05) is 0 Å². The highest BCUT2D eigenvalue weighted by molar-refractivity contribution is 5.79. The predicted molar refractivity (Wildman–Crippen MR) is 52.0 cm³/mol. The molecule has 0 heterocycles. The molecule has 4 heteroatoms. The number of carboxylic acids is 1. The standard InChI is InChI=1S/C10H18O4/c1-2-3-4-5-8(11)6-7-9(12)10(13)14/h9,12H,2-7H2,1H3,(H,13,14). The summed E-state index contributed by atoms with van der Waals surface area (Å²) in [6.07, 6.45) is 2.24. The summed E-state index contributed by atoms with van der Waals surface area (Å²) in [5.74, 6) is -1.22. The molecule has 0 fully saturated rings. The molecule has 0 spiro atoms. The highest BCUT2D eigenvalue weighted by atomic mass is 16.4. The minimum atomic E-state index is -1.40. The van der Waals surface area contributed by atoms with Gasteiger partial charge in [0.25, 0.3) is 0 Å². The highest BCUT2D eigenvalue weighted by Gasteiger charge is 2.14. The fourth-order valence-electron chi connectivity index (χ4n) is 1.12. The number of Topliss-reactive ketones (excluding diaryl/α,β-unsaturated/α-hetero) is 1. The largest absolute Gasteiger partial charge is 0.479 e. The van der Waals surface area contributed by atoms with E-state index in [2.05, 4.69) is 6.92 Å². The number of ketones is 1. The van der Waals surface area contributed by atoms with E-state index in [1.807, 2.05) is 0 Å². The lowest BCUT2D eigenvalue weighted by Gasteiger charge is -2.03. The molecule has 0 bridgehead atoms. The first kappa shape index (κ1) is 13.1. The fraction of sp³-hybridized carbons (Fsp3) is 0.800. The molecule has 0 saturated carbocycles. The molecule has 4 nitrogen and oxygen atoms in total. The molecule has 0 aromatic carbocycles. The minimum absolute atomic E-state index is 0.0281. The molecule has 0 amide bonds. The molecule has 0 aromatic heterocycles. The van der Waals surface area contributed by atoms with Gasteiger partial charge in [0.05, 0.1) is 0 Å². The van der Waals surface area contributed by atoms with Crippen molar-refractivity contribution in [3.05, 3.63) is 0 Å². The molecule has 0 saturated heterocycles. The van der Waals surface area contributed by atoms with E-state index < -0.39 is 12.1 Å². The monoisotopic (exact) mass is 202 g/mol. The first-order valence-electron chi connectivity index (χ1n) is 5.00. The summed E-state index contributed by atoms with van der Waals surface area (Å²) >= 11 is 0. The Morgan fingerprint density at radius 1 is 1.21 bits per heavy atom. The van der Waals surface area contributed by atoms with Gasteiger partial charge in [-0.1, -0.05) is 19.8 Å². The van der Waals surface area contributed by atoms with Gasteiger partial charge >= 0.3 is 5.97 Å². The number of carbonyl (C=O) groups excluding carboxylic acids is 1. The molecule has 0 aromatic rings. The van der Waals surface area contributed by atoms with Gasteiger partial charge in [-0.05, 0) is 12.8 Å². The van der Waals surface area contributed by atoms with Gasteiger partial charge < -0.3 is 10.2 Å². The molecule has 0 aliphatic heterocycles. The molecule has 0 aliphatic rings. The van der Waals surface area contributed by atoms with Gasteiger partial charge in [-0.15, -0.1) is 0 Å². The zero-order valence-corrected chi connectivity index (χ0v) is 8.53. The van der Waals surface area contributed by atoms with Crippen molar-refractivity contribution >= 4 is 11.8 Å². The van der Waals surface area contributed by atoms with Gasteiger partial charge in [-0.25, -0.2) is 4.79 Å². The van der Waals surface area contributed by atoms with E-state index in [0.717, 1.165) is 19.3 Å². The van der Waals surface area contributed by atoms with E-state index in [-0.39, 0.29) is 18.6 Å². The summed E-state index contributed by atoms with van der Waals surface area (Å²) in [6, 6.07) is 0. The van der Waals surface area contributed by atoms with Gasteiger partial charge in [0, 0.05) is 12.8 Å². The van der Waals surface area contributed by atoms with Gasteiger partial charge in [0.2, 0.25) is 0 Å². The lowest BCUT2D eigenvalue weighted by atomic mass is 10.1. The first-order valence-corrected chi connectivity index (χ1v) is 5.00. The number of hydrogen-bond donors (Lipinski definition) is 2. The molecule has 2 N–H and O–H groups in total. The molecular formula is C10H18O4. The van der Waals surface area contributed by atoms with Crippen LogP contribution in [-0.4, -0.2) is 28.1 Å². The summed E-state index contributed by atoms with van der Waals surface area (Å²) in [4.78, 5) is 21.4. The van der Waals surface area contributed by atoms with Gasteiger partial charge in [-0.3, -0.25) is 4.79 Å². The Kier molecular flexibility index (Phi) is 7.02. The Morgan fingerprint density at radius 3 is 2.36 bits per heavy atom. The first-order chi connectivity index (χ1) is 6.57. The molecule has 14 heavy (non-hydrogen) atoms. The van der Waals surface area contributed by atoms with Crippen molar-refractivity contribution in [3.63, 3.8) is 0 Å². The van der Waals surface area contributed by atoms with Crippen LogP contribution in [0.2, 0.25) is 0 Å². The maximum Gasteiger partial charge on any atom is 0.332 e. The van der Waals surface area contributed by atoms with E-state index >= 15 is 0 Å². The van der Waals surface area contributed by atoms with Crippen LogP contribution in [0.5, 0.6) is 0 Å². The van der Waals surface area contributed by atoms with Crippen LogP contribution in [0.3, 0.4) is 0 Å². The quantitative estimate of drug-likeness (QED) is 0.583. The van der Waals surface area contributed by atoms with Crippen LogP contribution in [0.1, 0.15) is 45.4 Å². The third-order valence-corrected chi connectivity index (χ3v) is 2.04. The van der Waals surface area contributed by atoms with Crippen LogP contribution in [0.15, 0.2) is 0 Å². The van der Waals surface area contributed by atoms with Crippen LogP contribution in [0.4, 0.5) is 0 Å². The number of aliphatic hydroxyl groups excluding tert-OH is 1. The van der Waals surface area contributed by atoms with Crippen LogP contribution >= 0.6 is 0 Å². The number of hydrogen-bond acceptors (Lipinski definition) is 3. The number of carboxylic acid groups (broad SMARTS) is 1. The Balaban J connectivity index is 3.48. The van der Waals surface area contributed by atoms with Crippen LogP contribution in [0, 0.1) is 0 Å². The van der Waals surface area contributed by atoms with E-state index in [0.29, 0.717) is 6.42 Å². The SMILES string of the molecule is CCCCCC(=O)CCC(O)C(=O)O. The van der Waals surface area contributed by atoms with E-state index in [1.54, 1.807) is 0 Å². The summed E-state index contributed by atoms with van der Waals surface area (Å²) in [7, 11) is 0. The zero-order chi connectivity index (χ0) is 11.0. The number of rotatable bonds is 8. The molecule has 1 atom stereocenters. The second-order valence-corrected chi connectivity index (χ2v) is 3.39. The third-order valence-electron chi connectivity index (χ3n) is 2.04. The lowest BCUT2D eigenvalue weighted by Crippen LogP contribution is -2.20. The number of carbonyl (C=O) groups is 2. The van der Waals surface area contributed by atoms with Gasteiger partial charge in [-0.2, -0.15) is 0 Å². The maximum atomic E-state index is 11.1. The average molecular weight is 202 g/mol. The van der Waals surface area contributed by atoms with Crippen molar-refractivity contribution in [2.45, 2.75) is 51.6 Å². The van der Waals surface area contributed by atoms with E-state index in [4.69, 9.17) is 10.2 Å². The minimum Gasteiger partial charge on any atom is -0.479 e. The average Bonchev–Trinajstić information content (AvgIpc) is 2.14. The Hall–Kier alpha value is -0.900.